The topological polar surface area (TPSA) is 104 Å². The van der Waals surface area contributed by atoms with E-state index in [1.54, 1.807) is 0 Å². The van der Waals surface area contributed by atoms with Crippen LogP contribution in [0.5, 0.6) is 0 Å². The third kappa shape index (κ3) is 6.44. The number of carboxylic acid groups (broad SMARTS) is 1. The molecule has 0 bridgehead atoms. The predicted octanol–water partition coefficient (Wildman–Crippen LogP) is 3.93. The van der Waals surface area contributed by atoms with Gasteiger partial charge >= 0.3 is 12.1 Å². The zero-order valence-electron chi connectivity index (χ0n) is 18.3. The van der Waals surface area contributed by atoms with E-state index in [1.165, 1.54) is 29.2 Å². The molecule has 1 aromatic carbocycles. The Kier molecular flexibility index (Phi) is 8.26. The van der Waals surface area contributed by atoms with E-state index in [-0.39, 0.29) is 23.4 Å². The highest BCUT2D eigenvalue weighted by atomic mass is 32.1. The molecule has 1 aromatic heterocycles. The number of alkyl halides is 4. The highest BCUT2D eigenvalue weighted by Gasteiger charge is 2.36. The van der Waals surface area contributed by atoms with Crippen LogP contribution in [-0.4, -0.2) is 58.9 Å². The highest BCUT2D eigenvalue weighted by Crippen LogP contribution is 2.35. The van der Waals surface area contributed by atoms with Gasteiger partial charge in [0.05, 0.1) is 16.9 Å². The van der Waals surface area contributed by atoms with E-state index in [4.69, 9.17) is 5.11 Å². The number of benzene rings is 1. The van der Waals surface area contributed by atoms with Crippen molar-refractivity contribution < 1.29 is 41.8 Å². The van der Waals surface area contributed by atoms with Gasteiger partial charge in [-0.2, -0.15) is 13.2 Å². The summed E-state index contributed by atoms with van der Waals surface area (Å²) in [6.45, 7) is -1.23. The number of hydrogen-bond donors (Lipinski definition) is 2. The van der Waals surface area contributed by atoms with Crippen LogP contribution in [0.1, 0.15) is 40.9 Å². The number of carbonyl (C=O) groups excluding carboxylic acids is 3. The summed E-state index contributed by atoms with van der Waals surface area (Å²) in [6, 6.07) is 5.14. The molecule has 2 N–H and O–H groups in total. The summed E-state index contributed by atoms with van der Waals surface area (Å²) in [6.07, 6.45) is -3.85. The molecule has 1 saturated heterocycles. The molecule has 2 atom stereocenters. The maximum Gasteiger partial charge on any atom is 0.416 e. The monoisotopic (exact) mass is 514 g/mol. The predicted molar refractivity (Wildman–Crippen MR) is 119 cm³/mol. The summed E-state index contributed by atoms with van der Waals surface area (Å²) in [7, 11) is 0. The van der Waals surface area contributed by atoms with E-state index in [9.17, 15) is 36.7 Å². The van der Waals surface area contributed by atoms with E-state index in [2.05, 4.69) is 5.32 Å². The van der Waals surface area contributed by atoms with E-state index < -0.39 is 60.5 Å². The van der Waals surface area contributed by atoms with Crippen molar-refractivity contribution in [1.29, 1.82) is 0 Å². The number of piperidine rings is 1. The van der Waals surface area contributed by atoms with Crippen LogP contribution >= 0.6 is 11.3 Å². The Balaban J connectivity index is 1.79. The van der Waals surface area contributed by atoms with Gasteiger partial charge in [0.25, 0.3) is 5.91 Å². The van der Waals surface area contributed by atoms with Gasteiger partial charge in [-0.15, -0.1) is 11.3 Å². The fourth-order valence-corrected chi connectivity index (χ4v) is 4.79. The Bertz CT molecular complexity index is 1120. The number of hydrogen-bond acceptors (Lipinski definition) is 5. The lowest BCUT2D eigenvalue weighted by atomic mass is 10.00. The van der Waals surface area contributed by atoms with Crippen LogP contribution in [-0.2, 0) is 20.6 Å². The summed E-state index contributed by atoms with van der Waals surface area (Å²) in [4.78, 5) is 50.7. The minimum atomic E-state index is -4.51. The number of likely N-dealkylation sites (tertiary alicyclic amines) is 1. The third-order valence-electron chi connectivity index (χ3n) is 5.57. The number of rotatable bonds is 8. The van der Waals surface area contributed by atoms with Crippen LogP contribution in [0.2, 0.25) is 0 Å². The lowest BCUT2D eigenvalue weighted by Gasteiger charge is -2.35. The number of Topliss-reactive ketones (excluding diaryl/α,β-unsaturated/α-hetero) is 1. The second-order valence-electron chi connectivity index (χ2n) is 8.01. The number of nitrogens with zero attached hydrogens (tertiary/aromatic N) is 1. The SMILES string of the molecule is O=C(O)CC(NC(=O)C1CCCCN1C(=O)c1ccc(-c2cccc(C(F)(F)F)c2)s1)C(=O)CF. The van der Waals surface area contributed by atoms with Crippen molar-refractivity contribution in [2.24, 2.45) is 0 Å². The molecule has 3 rings (SSSR count). The second kappa shape index (κ2) is 11.0. The molecular formula is C23H22F4N2O5S. The molecule has 12 heteroatoms. The van der Waals surface area contributed by atoms with Crippen molar-refractivity contribution in [3.05, 3.63) is 46.8 Å². The maximum atomic E-state index is 13.2. The third-order valence-corrected chi connectivity index (χ3v) is 6.70. The number of ketones is 1. The molecule has 2 aromatic rings. The average molecular weight is 514 g/mol. The van der Waals surface area contributed by atoms with Crippen molar-refractivity contribution in [3.63, 3.8) is 0 Å². The van der Waals surface area contributed by atoms with Gasteiger partial charge in [-0.25, -0.2) is 4.39 Å². The molecule has 0 spiro atoms. The minimum Gasteiger partial charge on any atom is -0.481 e. The van der Waals surface area contributed by atoms with Crippen LogP contribution in [0.15, 0.2) is 36.4 Å². The molecule has 7 nitrogen and oxygen atoms in total. The summed E-state index contributed by atoms with van der Waals surface area (Å²) in [5, 5.41) is 11.2. The second-order valence-corrected chi connectivity index (χ2v) is 9.10. The summed E-state index contributed by atoms with van der Waals surface area (Å²) < 4.78 is 51.9. The first-order valence-corrected chi connectivity index (χ1v) is 11.5. The quantitative estimate of drug-likeness (QED) is 0.520. The van der Waals surface area contributed by atoms with Gasteiger partial charge in [0, 0.05) is 11.4 Å². The van der Waals surface area contributed by atoms with Crippen LogP contribution in [0.4, 0.5) is 17.6 Å². The van der Waals surface area contributed by atoms with Crippen molar-refractivity contribution in [1.82, 2.24) is 10.2 Å². The molecule has 2 heterocycles. The molecule has 2 amide bonds. The van der Waals surface area contributed by atoms with E-state index in [1.807, 2.05) is 0 Å². The van der Waals surface area contributed by atoms with Gasteiger partial charge in [-0.3, -0.25) is 19.2 Å². The Labute approximate surface area is 201 Å². The summed E-state index contributed by atoms with van der Waals surface area (Å²) in [5.74, 6) is -3.76. The molecule has 35 heavy (non-hydrogen) atoms. The van der Waals surface area contributed by atoms with Gasteiger partial charge in [0.1, 0.15) is 18.8 Å². The Morgan fingerprint density at radius 1 is 1.14 bits per heavy atom. The van der Waals surface area contributed by atoms with Gasteiger partial charge < -0.3 is 15.3 Å². The van der Waals surface area contributed by atoms with Crippen LogP contribution in [0, 0.1) is 0 Å². The van der Waals surface area contributed by atoms with E-state index in [0.29, 0.717) is 17.7 Å². The van der Waals surface area contributed by atoms with Crippen molar-refractivity contribution in [2.45, 2.75) is 43.9 Å². The molecule has 1 fully saturated rings. The molecule has 0 saturated carbocycles. The first-order valence-electron chi connectivity index (χ1n) is 10.7. The van der Waals surface area contributed by atoms with Gasteiger partial charge in [-0.1, -0.05) is 12.1 Å². The normalized spacial score (nSPS) is 17.0. The largest absolute Gasteiger partial charge is 0.481 e. The number of thiophene rings is 1. The van der Waals surface area contributed by atoms with Gasteiger partial charge in [-0.05, 0) is 49.1 Å². The Morgan fingerprint density at radius 3 is 2.54 bits per heavy atom. The number of nitrogens with one attached hydrogen (secondary N) is 1. The molecule has 0 radical (unpaired) electrons. The van der Waals surface area contributed by atoms with E-state index in [0.717, 1.165) is 23.5 Å². The fraction of sp³-hybridized carbons (Fsp3) is 0.391. The average Bonchev–Trinajstić information content (AvgIpc) is 3.32. The molecule has 0 aliphatic carbocycles. The lowest BCUT2D eigenvalue weighted by Crippen LogP contribution is -2.55. The van der Waals surface area contributed by atoms with Crippen LogP contribution in [0.25, 0.3) is 10.4 Å². The Morgan fingerprint density at radius 2 is 1.89 bits per heavy atom. The fourth-order valence-electron chi connectivity index (χ4n) is 3.83. The lowest BCUT2D eigenvalue weighted by molar-refractivity contribution is -0.141. The summed E-state index contributed by atoms with van der Waals surface area (Å²) >= 11 is 0.980. The summed E-state index contributed by atoms with van der Waals surface area (Å²) in [5.41, 5.74) is -0.527. The Hall–Kier alpha value is -3.28. The number of carbonyl (C=O) groups is 4. The zero-order valence-corrected chi connectivity index (χ0v) is 19.1. The van der Waals surface area contributed by atoms with E-state index >= 15 is 0 Å². The smallest absolute Gasteiger partial charge is 0.416 e. The zero-order chi connectivity index (χ0) is 25.8. The standard InChI is InChI=1S/C23H22F4N2O5S/c24-12-17(30)15(11-20(31)32)28-21(33)16-6-1-2-9-29(16)22(34)19-8-7-18(35-19)13-4-3-5-14(10-13)23(25,26)27/h3-5,7-8,10,15-16H,1-2,6,9,11-12H2,(H,28,33)(H,31,32). The highest BCUT2D eigenvalue weighted by molar-refractivity contribution is 7.17. The number of amides is 2. The molecule has 2 unspecified atom stereocenters. The minimum absolute atomic E-state index is 0.207. The van der Waals surface area contributed by atoms with Gasteiger partial charge in [0.15, 0.2) is 5.78 Å². The number of halogens is 4. The molecule has 1 aliphatic heterocycles. The first kappa shape index (κ1) is 26.3. The molecular weight excluding hydrogens is 492 g/mol. The van der Waals surface area contributed by atoms with Crippen molar-refractivity contribution in [2.75, 3.05) is 13.2 Å². The number of carboxylic acids is 1. The maximum absolute atomic E-state index is 13.2. The number of aliphatic carboxylic acids is 1. The first-order chi connectivity index (χ1) is 16.5. The van der Waals surface area contributed by atoms with Gasteiger partial charge in [0.2, 0.25) is 5.91 Å². The molecule has 1 aliphatic rings. The molecule has 188 valence electrons. The van der Waals surface area contributed by atoms with Crippen LogP contribution in [0.3, 0.4) is 0 Å². The van der Waals surface area contributed by atoms with Crippen LogP contribution < -0.4 is 5.32 Å². The van der Waals surface area contributed by atoms with Crippen molar-refractivity contribution >= 4 is 34.9 Å². The van der Waals surface area contributed by atoms with Crippen molar-refractivity contribution in [3.8, 4) is 10.4 Å².